The zero-order chi connectivity index (χ0) is 23.9. The van der Waals surface area contributed by atoms with Gasteiger partial charge >= 0.3 is 0 Å². The van der Waals surface area contributed by atoms with E-state index in [-0.39, 0.29) is 12.4 Å². The fraction of sp³-hybridized carbons (Fsp3) is 0.214. The van der Waals surface area contributed by atoms with E-state index in [2.05, 4.69) is 83.7 Å². The van der Waals surface area contributed by atoms with Gasteiger partial charge in [0.2, 0.25) is 0 Å². The van der Waals surface area contributed by atoms with Crippen LogP contribution in [0.1, 0.15) is 16.7 Å². The SMILES string of the molecule is Cc1ccc(-c2nc(-c3ccc(N=Cc4ccc(N(CCCl)CCCl)cc4C)cc3)cs2)cc1.Cl. The Labute approximate surface area is 227 Å². The number of aryl methyl sites for hydroxylation is 2. The molecule has 0 saturated heterocycles. The molecule has 35 heavy (non-hydrogen) atoms. The van der Waals surface area contributed by atoms with Gasteiger partial charge in [-0.1, -0.05) is 48.0 Å². The lowest BCUT2D eigenvalue weighted by molar-refractivity contribution is 0.873. The van der Waals surface area contributed by atoms with Gasteiger partial charge in [0.25, 0.3) is 0 Å². The first kappa shape index (κ1) is 27.2. The van der Waals surface area contributed by atoms with Crippen LogP contribution in [0.25, 0.3) is 21.8 Å². The van der Waals surface area contributed by atoms with Crippen LogP contribution in [0.2, 0.25) is 0 Å². The second kappa shape index (κ2) is 13.1. The molecule has 7 heteroatoms. The predicted octanol–water partition coefficient (Wildman–Crippen LogP) is 8.55. The summed E-state index contributed by atoms with van der Waals surface area (Å²) in [4.78, 5) is 11.7. The fourth-order valence-corrected chi connectivity index (χ4v) is 4.92. The number of rotatable bonds is 9. The first-order valence-electron chi connectivity index (χ1n) is 11.2. The van der Waals surface area contributed by atoms with Gasteiger partial charge in [0.05, 0.1) is 11.4 Å². The zero-order valence-corrected chi connectivity index (χ0v) is 22.9. The summed E-state index contributed by atoms with van der Waals surface area (Å²) in [6.07, 6.45) is 1.92. The van der Waals surface area contributed by atoms with E-state index < -0.39 is 0 Å². The molecule has 3 nitrogen and oxygen atoms in total. The third kappa shape index (κ3) is 7.08. The van der Waals surface area contributed by atoms with Gasteiger partial charge < -0.3 is 4.90 Å². The summed E-state index contributed by atoms with van der Waals surface area (Å²) in [7, 11) is 0. The molecule has 0 atom stereocenters. The third-order valence-electron chi connectivity index (χ3n) is 5.65. The molecule has 3 aromatic carbocycles. The van der Waals surface area contributed by atoms with E-state index >= 15 is 0 Å². The monoisotopic (exact) mass is 543 g/mol. The predicted molar refractivity (Wildman–Crippen MR) is 157 cm³/mol. The Balaban J connectivity index is 0.00000342. The van der Waals surface area contributed by atoms with Crippen molar-refractivity contribution in [3.8, 4) is 21.8 Å². The van der Waals surface area contributed by atoms with Gasteiger partial charge in [-0.15, -0.1) is 46.9 Å². The minimum absolute atomic E-state index is 0. The van der Waals surface area contributed by atoms with Gasteiger partial charge in [-0.05, 0) is 49.2 Å². The van der Waals surface area contributed by atoms with Crippen molar-refractivity contribution in [1.29, 1.82) is 0 Å². The molecule has 0 unspecified atom stereocenters. The average molecular weight is 545 g/mol. The van der Waals surface area contributed by atoms with Gasteiger partial charge in [-0.25, -0.2) is 4.98 Å². The van der Waals surface area contributed by atoms with Crippen molar-refractivity contribution in [1.82, 2.24) is 4.98 Å². The normalized spacial score (nSPS) is 11.0. The summed E-state index contributed by atoms with van der Waals surface area (Å²) in [5.74, 6) is 1.15. The van der Waals surface area contributed by atoms with E-state index in [1.165, 1.54) is 5.56 Å². The van der Waals surface area contributed by atoms with Gasteiger partial charge in [-0.2, -0.15) is 0 Å². The molecule has 4 aromatic rings. The Bertz CT molecular complexity index is 1250. The Morgan fingerprint density at radius 1 is 0.886 bits per heavy atom. The van der Waals surface area contributed by atoms with Crippen LogP contribution < -0.4 is 4.90 Å². The smallest absolute Gasteiger partial charge is 0.124 e. The lowest BCUT2D eigenvalue weighted by Crippen LogP contribution is -2.27. The van der Waals surface area contributed by atoms with E-state index in [0.717, 1.165) is 57.4 Å². The molecule has 0 amide bonds. The first-order chi connectivity index (χ1) is 16.6. The van der Waals surface area contributed by atoms with Gasteiger partial charge in [0.15, 0.2) is 0 Å². The van der Waals surface area contributed by atoms with Crippen LogP contribution in [0, 0.1) is 13.8 Å². The van der Waals surface area contributed by atoms with Crippen LogP contribution in [-0.4, -0.2) is 36.0 Å². The number of alkyl halides is 2. The number of aliphatic imine (C=N–C) groups is 1. The summed E-state index contributed by atoms with van der Waals surface area (Å²) in [5.41, 5.74) is 8.78. The van der Waals surface area contributed by atoms with E-state index in [1.54, 1.807) is 11.3 Å². The van der Waals surface area contributed by atoms with Crippen molar-refractivity contribution >= 4 is 64.5 Å². The van der Waals surface area contributed by atoms with Crippen molar-refractivity contribution < 1.29 is 0 Å². The van der Waals surface area contributed by atoms with Crippen molar-refractivity contribution in [3.05, 3.63) is 88.8 Å². The van der Waals surface area contributed by atoms with Crippen LogP contribution in [-0.2, 0) is 0 Å². The molecule has 0 saturated carbocycles. The minimum Gasteiger partial charge on any atom is -0.369 e. The van der Waals surface area contributed by atoms with Crippen molar-refractivity contribution in [2.45, 2.75) is 13.8 Å². The number of hydrogen-bond acceptors (Lipinski definition) is 4. The summed E-state index contributed by atoms with van der Waals surface area (Å²) in [5, 5.41) is 3.14. The number of halogens is 3. The van der Waals surface area contributed by atoms with Gasteiger partial charge in [0, 0.05) is 53.3 Å². The third-order valence-corrected chi connectivity index (χ3v) is 6.88. The largest absolute Gasteiger partial charge is 0.369 e. The van der Waals surface area contributed by atoms with Crippen molar-refractivity contribution in [2.24, 2.45) is 4.99 Å². The molecule has 0 fully saturated rings. The van der Waals surface area contributed by atoms with E-state index in [0.29, 0.717) is 11.8 Å². The minimum atomic E-state index is 0. The number of thiazole rings is 1. The molecule has 0 bridgehead atoms. The topological polar surface area (TPSA) is 28.5 Å². The number of nitrogens with zero attached hydrogens (tertiary/aromatic N) is 3. The fourth-order valence-electron chi connectivity index (χ4n) is 3.67. The Morgan fingerprint density at radius 3 is 2.17 bits per heavy atom. The molecular formula is C28H28Cl3N3S. The second-order valence-corrected chi connectivity index (χ2v) is 9.73. The molecule has 0 aliphatic rings. The molecule has 0 spiro atoms. The number of aromatic nitrogens is 1. The van der Waals surface area contributed by atoms with E-state index in [9.17, 15) is 0 Å². The maximum absolute atomic E-state index is 5.95. The lowest BCUT2D eigenvalue weighted by Gasteiger charge is -2.23. The highest BCUT2D eigenvalue weighted by atomic mass is 35.5. The summed E-state index contributed by atoms with van der Waals surface area (Å²) in [6.45, 7) is 5.75. The van der Waals surface area contributed by atoms with E-state index in [4.69, 9.17) is 28.2 Å². The quantitative estimate of drug-likeness (QED) is 0.156. The van der Waals surface area contributed by atoms with Crippen LogP contribution in [0.15, 0.2) is 77.1 Å². The van der Waals surface area contributed by atoms with Crippen LogP contribution in [0.3, 0.4) is 0 Å². The molecule has 1 aromatic heterocycles. The van der Waals surface area contributed by atoms with Crippen LogP contribution in [0.5, 0.6) is 0 Å². The molecule has 4 rings (SSSR count). The molecule has 0 radical (unpaired) electrons. The Hall–Kier alpha value is -2.37. The molecule has 0 aliphatic carbocycles. The van der Waals surface area contributed by atoms with Gasteiger partial charge in [-0.3, -0.25) is 4.99 Å². The maximum atomic E-state index is 5.95. The van der Waals surface area contributed by atoms with Crippen molar-refractivity contribution in [3.63, 3.8) is 0 Å². The molecule has 0 N–H and O–H groups in total. The molecule has 0 aliphatic heterocycles. The summed E-state index contributed by atoms with van der Waals surface area (Å²) >= 11 is 13.6. The van der Waals surface area contributed by atoms with Crippen molar-refractivity contribution in [2.75, 3.05) is 29.7 Å². The van der Waals surface area contributed by atoms with Crippen LogP contribution in [0.4, 0.5) is 11.4 Å². The summed E-state index contributed by atoms with van der Waals surface area (Å²) in [6, 6.07) is 23.1. The highest BCUT2D eigenvalue weighted by Gasteiger charge is 2.08. The second-order valence-electron chi connectivity index (χ2n) is 8.11. The average Bonchev–Trinajstić information content (AvgIpc) is 3.34. The first-order valence-corrected chi connectivity index (χ1v) is 13.2. The highest BCUT2D eigenvalue weighted by Crippen LogP contribution is 2.30. The molecule has 182 valence electrons. The molecular weight excluding hydrogens is 517 g/mol. The standard InChI is InChI=1S/C28H27Cl2N3S.ClH/c1-20-3-5-23(6-4-20)28-32-27(19-34-28)22-7-10-25(11-8-22)31-18-24-9-12-26(17-21(24)2)33(15-13-29)16-14-30;/h3-12,17-19H,13-16H2,1-2H3;1H. The Morgan fingerprint density at radius 2 is 1.54 bits per heavy atom. The lowest BCUT2D eigenvalue weighted by atomic mass is 10.1. The van der Waals surface area contributed by atoms with Crippen LogP contribution >= 0.6 is 46.9 Å². The van der Waals surface area contributed by atoms with E-state index in [1.807, 2.05) is 18.3 Å². The Kier molecular flexibility index (Phi) is 10.2. The summed E-state index contributed by atoms with van der Waals surface area (Å²) < 4.78 is 0. The number of anilines is 1. The number of hydrogen-bond donors (Lipinski definition) is 0. The van der Waals surface area contributed by atoms with Gasteiger partial charge in [0.1, 0.15) is 5.01 Å². The number of benzene rings is 3. The highest BCUT2D eigenvalue weighted by molar-refractivity contribution is 7.13. The maximum Gasteiger partial charge on any atom is 0.124 e. The zero-order valence-electron chi connectivity index (χ0n) is 19.7. The molecule has 1 heterocycles.